The van der Waals surface area contributed by atoms with Crippen LogP contribution in [-0.4, -0.2) is 22.8 Å². The maximum Gasteiger partial charge on any atom is 0.352 e. The molecule has 5 nitrogen and oxygen atoms in total. The molecule has 1 aliphatic rings. The topological polar surface area (TPSA) is 72.8 Å². The van der Waals surface area contributed by atoms with Crippen LogP contribution in [0.25, 0.3) is 0 Å². The quantitative estimate of drug-likeness (QED) is 0.145. The Bertz CT molecular complexity index is 720. The van der Waals surface area contributed by atoms with Crippen LogP contribution in [0.1, 0.15) is 19.4 Å². The molecule has 0 bridgehead atoms. The van der Waals surface area contributed by atoms with Gasteiger partial charge < -0.3 is 14.6 Å². The van der Waals surface area contributed by atoms with Crippen molar-refractivity contribution < 1.29 is 37.3 Å². The largest absolute Gasteiger partial charge is 0.511 e. The second kappa shape index (κ2) is 6.02. The third-order valence-corrected chi connectivity index (χ3v) is 3.86. The monoisotopic (exact) mass is 442 g/mol. The van der Waals surface area contributed by atoms with Crippen LogP contribution in [0.15, 0.2) is 17.4 Å². The zero-order valence-corrected chi connectivity index (χ0v) is 14.0. The average Bonchev–Trinajstić information content (AvgIpc) is 2.40. The van der Waals surface area contributed by atoms with E-state index >= 15 is 0 Å². The first-order valence-electron chi connectivity index (χ1n) is 6.24. The standard InChI is InChI=1S/C14H10F3IO5/c1-14(2)22-12(20)8(13(21)23-14)7(19)4-5-3-6(15)10(17)11(18)9(5)16/h3,19H,4H2,1-2H3. The Kier molecular flexibility index (Phi) is 4.60. The van der Waals surface area contributed by atoms with E-state index in [1.807, 2.05) is 0 Å². The van der Waals surface area contributed by atoms with E-state index in [0.29, 0.717) is 6.07 Å². The first kappa shape index (κ1) is 17.6. The lowest BCUT2D eigenvalue weighted by Crippen LogP contribution is -2.42. The Morgan fingerprint density at radius 3 is 2.22 bits per heavy atom. The molecule has 1 fully saturated rings. The summed E-state index contributed by atoms with van der Waals surface area (Å²) in [5, 5.41) is 9.91. The number of carbonyl (C=O) groups is 2. The lowest BCUT2D eigenvalue weighted by molar-refractivity contribution is -0.222. The Morgan fingerprint density at radius 1 is 1.17 bits per heavy atom. The number of esters is 2. The van der Waals surface area contributed by atoms with Gasteiger partial charge in [-0.25, -0.2) is 22.8 Å². The minimum Gasteiger partial charge on any atom is -0.511 e. The number of halogens is 4. The van der Waals surface area contributed by atoms with Crippen molar-refractivity contribution in [3.63, 3.8) is 0 Å². The van der Waals surface area contributed by atoms with Crippen molar-refractivity contribution in [1.82, 2.24) is 0 Å². The Morgan fingerprint density at radius 2 is 1.70 bits per heavy atom. The van der Waals surface area contributed by atoms with Gasteiger partial charge >= 0.3 is 11.9 Å². The normalized spacial score (nSPS) is 16.9. The summed E-state index contributed by atoms with van der Waals surface area (Å²) < 4.78 is 49.4. The summed E-state index contributed by atoms with van der Waals surface area (Å²) >= 11 is 1.26. The zero-order valence-electron chi connectivity index (χ0n) is 11.9. The van der Waals surface area contributed by atoms with Gasteiger partial charge in [-0.2, -0.15) is 0 Å². The number of rotatable bonds is 2. The van der Waals surface area contributed by atoms with E-state index in [0.717, 1.165) is 0 Å². The van der Waals surface area contributed by atoms with E-state index in [4.69, 9.17) is 9.47 Å². The molecule has 0 unspecified atom stereocenters. The summed E-state index contributed by atoms with van der Waals surface area (Å²) in [5.74, 6) is -8.45. The van der Waals surface area contributed by atoms with Crippen molar-refractivity contribution >= 4 is 34.5 Å². The van der Waals surface area contributed by atoms with Crippen molar-refractivity contribution in [2.75, 3.05) is 0 Å². The summed E-state index contributed by atoms with van der Waals surface area (Å²) in [6, 6.07) is 0.535. The lowest BCUT2D eigenvalue weighted by atomic mass is 10.1. The van der Waals surface area contributed by atoms with Gasteiger partial charge in [0.15, 0.2) is 17.2 Å². The summed E-state index contributed by atoms with van der Waals surface area (Å²) in [5.41, 5.74) is -1.24. The molecule has 1 aliphatic heterocycles. The highest BCUT2D eigenvalue weighted by atomic mass is 127. The summed E-state index contributed by atoms with van der Waals surface area (Å²) in [6.07, 6.45) is -0.709. The molecule has 2 rings (SSSR count). The van der Waals surface area contributed by atoms with Crippen LogP contribution < -0.4 is 0 Å². The molecule has 0 atom stereocenters. The Balaban J connectivity index is 2.41. The van der Waals surface area contributed by atoms with Crippen LogP contribution in [0, 0.1) is 21.0 Å². The molecule has 0 aromatic heterocycles. The molecule has 1 saturated heterocycles. The molecular formula is C14H10F3IO5. The van der Waals surface area contributed by atoms with E-state index in [-0.39, 0.29) is 0 Å². The molecule has 23 heavy (non-hydrogen) atoms. The first-order valence-corrected chi connectivity index (χ1v) is 7.32. The fourth-order valence-corrected chi connectivity index (χ4v) is 2.51. The highest BCUT2D eigenvalue weighted by Crippen LogP contribution is 2.27. The number of ether oxygens (including phenoxy) is 2. The second-order valence-corrected chi connectivity index (χ2v) is 6.22. The summed E-state index contributed by atoms with van der Waals surface area (Å²) in [4.78, 5) is 23.5. The number of carbonyl (C=O) groups excluding carboxylic acids is 2. The third-order valence-electron chi connectivity index (χ3n) is 2.91. The number of hydrogen-bond acceptors (Lipinski definition) is 5. The van der Waals surface area contributed by atoms with Crippen molar-refractivity contribution in [2.45, 2.75) is 26.1 Å². The van der Waals surface area contributed by atoms with Crippen LogP contribution in [0.2, 0.25) is 0 Å². The molecule has 0 radical (unpaired) electrons. The summed E-state index contributed by atoms with van der Waals surface area (Å²) in [7, 11) is 0. The number of benzene rings is 1. The highest BCUT2D eigenvalue weighted by Gasteiger charge is 2.41. The molecule has 1 aromatic carbocycles. The molecule has 1 N–H and O–H groups in total. The average molecular weight is 442 g/mol. The predicted molar refractivity (Wildman–Crippen MR) is 78.7 cm³/mol. The van der Waals surface area contributed by atoms with Crippen molar-refractivity contribution in [1.29, 1.82) is 0 Å². The van der Waals surface area contributed by atoms with Crippen LogP contribution in [0.4, 0.5) is 13.2 Å². The molecule has 1 heterocycles. The summed E-state index contributed by atoms with van der Waals surface area (Å²) in [6.45, 7) is 2.63. The van der Waals surface area contributed by atoms with Crippen LogP contribution in [0.5, 0.6) is 0 Å². The second-order valence-electron chi connectivity index (χ2n) is 5.14. The van der Waals surface area contributed by atoms with E-state index in [1.165, 1.54) is 36.4 Å². The van der Waals surface area contributed by atoms with Gasteiger partial charge in [-0.05, 0) is 34.2 Å². The van der Waals surface area contributed by atoms with Crippen molar-refractivity contribution in [3.05, 3.63) is 44.0 Å². The number of allylic oxidation sites excluding steroid dienone is 1. The van der Waals surface area contributed by atoms with Gasteiger partial charge in [-0.3, -0.25) is 0 Å². The lowest BCUT2D eigenvalue weighted by Gasteiger charge is -2.30. The SMILES string of the molecule is CC1(C)OC(=O)C(=C(O)Cc2cc(F)c(F)c(I)c2F)C(=O)O1. The maximum absolute atomic E-state index is 13.9. The minimum atomic E-state index is -1.50. The van der Waals surface area contributed by atoms with Gasteiger partial charge in [0, 0.05) is 20.3 Å². The maximum atomic E-state index is 13.9. The van der Waals surface area contributed by atoms with Crippen molar-refractivity contribution in [3.8, 4) is 0 Å². The first-order chi connectivity index (χ1) is 10.5. The van der Waals surface area contributed by atoms with E-state index in [9.17, 15) is 27.9 Å². The molecule has 0 amide bonds. The fourth-order valence-electron chi connectivity index (χ4n) is 1.91. The van der Waals surface area contributed by atoms with Gasteiger partial charge in [0.2, 0.25) is 0 Å². The predicted octanol–water partition coefficient (Wildman–Crippen LogP) is 2.90. The van der Waals surface area contributed by atoms with Crippen LogP contribution >= 0.6 is 22.6 Å². The smallest absolute Gasteiger partial charge is 0.352 e. The van der Waals surface area contributed by atoms with Crippen molar-refractivity contribution in [2.24, 2.45) is 0 Å². The van der Waals surface area contributed by atoms with Crippen LogP contribution in [0.3, 0.4) is 0 Å². The van der Waals surface area contributed by atoms with Gasteiger partial charge in [-0.1, -0.05) is 0 Å². The molecule has 9 heteroatoms. The van der Waals surface area contributed by atoms with E-state index < -0.39 is 62.1 Å². The zero-order chi connectivity index (χ0) is 17.5. The fraction of sp³-hybridized carbons (Fsp3) is 0.286. The Hall–Kier alpha value is -1.78. The molecule has 0 spiro atoms. The molecule has 0 saturated carbocycles. The number of aliphatic hydroxyl groups excluding tert-OH is 1. The molecule has 1 aromatic rings. The Labute approximate surface area is 142 Å². The molecule has 0 aliphatic carbocycles. The molecular weight excluding hydrogens is 432 g/mol. The van der Waals surface area contributed by atoms with Gasteiger partial charge in [-0.15, -0.1) is 0 Å². The van der Waals surface area contributed by atoms with Gasteiger partial charge in [0.1, 0.15) is 11.6 Å². The van der Waals surface area contributed by atoms with E-state index in [1.54, 1.807) is 0 Å². The van der Waals surface area contributed by atoms with E-state index in [2.05, 4.69) is 0 Å². The third kappa shape index (κ3) is 3.43. The van der Waals surface area contributed by atoms with Gasteiger partial charge in [0.05, 0.1) is 3.57 Å². The molecule has 124 valence electrons. The minimum absolute atomic E-state index is 0.427. The van der Waals surface area contributed by atoms with Crippen LogP contribution in [-0.2, 0) is 25.5 Å². The number of cyclic esters (lactones) is 2. The number of aliphatic hydroxyl groups is 1. The number of hydrogen-bond donors (Lipinski definition) is 1. The van der Waals surface area contributed by atoms with Gasteiger partial charge in [0.25, 0.3) is 5.79 Å². The highest BCUT2D eigenvalue weighted by molar-refractivity contribution is 14.1.